The Morgan fingerprint density at radius 1 is 1.22 bits per heavy atom. The van der Waals surface area contributed by atoms with Gasteiger partial charge < -0.3 is 29.6 Å². The van der Waals surface area contributed by atoms with Gasteiger partial charge in [0.1, 0.15) is 0 Å². The molecule has 0 spiro atoms. The van der Waals surface area contributed by atoms with E-state index >= 15 is 0 Å². The second kappa shape index (κ2) is 14.4. The van der Waals surface area contributed by atoms with Gasteiger partial charge in [0.05, 0.1) is 33.0 Å². The molecule has 0 amide bonds. The molecule has 0 fully saturated rings. The molecule has 2 rings (SSSR count). The molecular formula is C19H28IN3O4. The molecule has 0 atom stereocenters. The van der Waals surface area contributed by atoms with Crippen molar-refractivity contribution in [3.05, 3.63) is 18.2 Å². The molecule has 2 N–H and O–H groups in total. The molecule has 150 valence electrons. The van der Waals surface area contributed by atoms with Gasteiger partial charge in [-0.3, -0.25) is 4.99 Å². The molecule has 0 aliphatic carbocycles. The third-order valence-corrected chi connectivity index (χ3v) is 3.52. The Morgan fingerprint density at radius 2 is 2.04 bits per heavy atom. The summed E-state index contributed by atoms with van der Waals surface area (Å²) in [6.45, 7) is 4.16. The van der Waals surface area contributed by atoms with Crippen molar-refractivity contribution < 1.29 is 18.9 Å². The van der Waals surface area contributed by atoms with Gasteiger partial charge >= 0.3 is 0 Å². The van der Waals surface area contributed by atoms with E-state index < -0.39 is 0 Å². The molecular weight excluding hydrogens is 461 g/mol. The predicted molar refractivity (Wildman–Crippen MR) is 118 cm³/mol. The first-order chi connectivity index (χ1) is 12.8. The van der Waals surface area contributed by atoms with Crippen LogP contribution in [-0.4, -0.2) is 59.2 Å². The highest BCUT2D eigenvalue weighted by Gasteiger charge is 2.11. The fourth-order valence-electron chi connectivity index (χ4n) is 2.25. The Bertz CT molecular complexity index is 619. The highest BCUT2D eigenvalue weighted by molar-refractivity contribution is 14.0. The van der Waals surface area contributed by atoms with E-state index in [1.54, 1.807) is 7.11 Å². The third kappa shape index (κ3) is 9.17. The van der Waals surface area contributed by atoms with E-state index in [1.807, 2.05) is 18.2 Å². The van der Waals surface area contributed by atoms with Crippen molar-refractivity contribution in [2.24, 2.45) is 4.99 Å². The monoisotopic (exact) mass is 489 g/mol. The van der Waals surface area contributed by atoms with E-state index in [9.17, 15) is 0 Å². The van der Waals surface area contributed by atoms with Gasteiger partial charge in [0.15, 0.2) is 17.5 Å². The van der Waals surface area contributed by atoms with E-state index in [0.717, 1.165) is 30.0 Å². The number of terminal acetylenes is 1. The van der Waals surface area contributed by atoms with Crippen LogP contribution in [0.3, 0.4) is 0 Å². The summed E-state index contributed by atoms with van der Waals surface area (Å²) in [6.07, 6.45) is 7.03. The summed E-state index contributed by atoms with van der Waals surface area (Å²) in [4.78, 5) is 4.52. The Labute approximate surface area is 178 Å². The maximum atomic E-state index is 5.71. The number of hydrogen-bond donors (Lipinski definition) is 2. The van der Waals surface area contributed by atoms with Crippen LogP contribution in [0.1, 0.15) is 12.8 Å². The number of ether oxygens (including phenoxy) is 4. The fourth-order valence-corrected chi connectivity index (χ4v) is 2.25. The molecule has 0 saturated heterocycles. The number of guanidine groups is 1. The summed E-state index contributed by atoms with van der Waals surface area (Å²) in [5.74, 6) is 4.66. The molecule has 1 aromatic carbocycles. The topological polar surface area (TPSA) is 73.3 Å². The van der Waals surface area contributed by atoms with E-state index in [4.69, 9.17) is 25.4 Å². The van der Waals surface area contributed by atoms with Crippen molar-refractivity contribution in [3.8, 4) is 23.8 Å². The molecule has 0 radical (unpaired) electrons. The smallest absolute Gasteiger partial charge is 0.196 e. The Morgan fingerprint density at radius 3 is 2.81 bits per heavy atom. The first kappa shape index (κ1) is 23.3. The number of halogens is 1. The minimum Gasteiger partial charge on any atom is -0.490 e. The van der Waals surface area contributed by atoms with E-state index in [2.05, 4.69) is 21.5 Å². The maximum Gasteiger partial charge on any atom is 0.196 e. The normalized spacial score (nSPS) is 13.1. The van der Waals surface area contributed by atoms with Gasteiger partial charge in [0.25, 0.3) is 0 Å². The van der Waals surface area contributed by atoms with Crippen molar-refractivity contribution in [2.45, 2.75) is 12.8 Å². The largest absolute Gasteiger partial charge is 0.490 e. The highest BCUT2D eigenvalue weighted by atomic mass is 127. The lowest BCUT2D eigenvalue weighted by molar-refractivity contribution is 0.0702. The average Bonchev–Trinajstić information content (AvgIpc) is 2.90. The van der Waals surface area contributed by atoms with Gasteiger partial charge in [-0.05, 0) is 18.6 Å². The number of nitrogens with one attached hydrogen (secondary N) is 2. The standard InChI is InChI=1S/C19H27N3O4.HI/c1-3-8-20-19(21-9-4-10-24-14-13-23-2)22-16-6-7-17-18(15-16)26-12-5-11-25-17;/h1,6-7,15H,4-5,8-14H2,2H3,(H2,20,21,22);1H. The van der Waals surface area contributed by atoms with Gasteiger partial charge in [-0.15, -0.1) is 30.4 Å². The van der Waals surface area contributed by atoms with Crippen LogP contribution in [-0.2, 0) is 9.47 Å². The summed E-state index contributed by atoms with van der Waals surface area (Å²) < 4.78 is 21.7. The van der Waals surface area contributed by atoms with E-state index in [1.165, 1.54) is 0 Å². The molecule has 1 heterocycles. The lowest BCUT2D eigenvalue weighted by atomic mass is 10.3. The summed E-state index contributed by atoms with van der Waals surface area (Å²) in [6, 6.07) is 5.72. The fraction of sp³-hybridized carbons (Fsp3) is 0.526. The number of nitrogens with zero attached hydrogens (tertiary/aromatic N) is 1. The molecule has 0 bridgehead atoms. The van der Waals surface area contributed by atoms with Gasteiger partial charge in [0.2, 0.25) is 0 Å². The maximum absolute atomic E-state index is 5.71. The van der Waals surface area contributed by atoms with Crippen LogP contribution in [0.4, 0.5) is 5.69 Å². The molecule has 27 heavy (non-hydrogen) atoms. The second-order valence-electron chi connectivity index (χ2n) is 5.58. The number of rotatable bonds is 9. The number of methoxy groups -OCH3 is 1. The first-order valence-corrected chi connectivity index (χ1v) is 8.78. The molecule has 8 heteroatoms. The lowest BCUT2D eigenvalue weighted by Crippen LogP contribution is -2.31. The van der Waals surface area contributed by atoms with Crippen LogP contribution in [0.15, 0.2) is 23.2 Å². The number of anilines is 1. The van der Waals surface area contributed by atoms with Gasteiger partial charge in [-0.2, -0.15) is 0 Å². The SMILES string of the molecule is C#CCNC(=NCCCOCCOC)Nc1ccc2c(c1)OCCCO2.I. The van der Waals surface area contributed by atoms with Crippen molar-refractivity contribution in [2.75, 3.05) is 58.6 Å². The van der Waals surface area contributed by atoms with Crippen LogP contribution in [0, 0.1) is 12.3 Å². The van der Waals surface area contributed by atoms with Gasteiger partial charge in [-0.25, -0.2) is 0 Å². The van der Waals surface area contributed by atoms with Crippen LogP contribution in [0.25, 0.3) is 0 Å². The van der Waals surface area contributed by atoms with Crippen LogP contribution >= 0.6 is 24.0 Å². The molecule has 1 aliphatic rings. The van der Waals surface area contributed by atoms with Crippen molar-refractivity contribution >= 4 is 35.6 Å². The lowest BCUT2D eigenvalue weighted by Gasteiger charge is -2.13. The average molecular weight is 489 g/mol. The summed E-state index contributed by atoms with van der Waals surface area (Å²) in [7, 11) is 1.66. The summed E-state index contributed by atoms with van der Waals surface area (Å²) in [5, 5.41) is 6.33. The van der Waals surface area contributed by atoms with Crippen molar-refractivity contribution in [3.63, 3.8) is 0 Å². The number of aliphatic imine (C=N–C) groups is 1. The van der Waals surface area contributed by atoms with Crippen LogP contribution < -0.4 is 20.1 Å². The van der Waals surface area contributed by atoms with Crippen LogP contribution in [0.5, 0.6) is 11.5 Å². The Kier molecular flexibility index (Phi) is 12.4. The van der Waals surface area contributed by atoms with Gasteiger partial charge in [-0.1, -0.05) is 5.92 Å². The zero-order valence-electron chi connectivity index (χ0n) is 15.7. The summed E-state index contributed by atoms with van der Waals surface area (Å²) in [5.41, 5.74) is 0.855. The molecule has 0 unspecified atom stereocenters. The number of hydrogen-bond acceptors (Lipinski definition) is 5. The minimum absolute atomic E-state index is 0. The van der Waals surface area contributed by atoms with E-state index in [0.29, 0.717) is 52.1 Å². The Hall–Kier alpha value is -1.70. The number of benzene rings is 1. The predicted octanol–water partition coefficient (Wildman–Crippen LogP) is 2.51. The molecule has 7 nitrogen and oxygen atoms in total. The molecule has 1 aromatic rings. The van der Waals surface area contributed by atoms with Gasteiger partial charge in [0, 0.05) is 38.4 Å². The molecule has 1 aliphatic heterocycles. The zero-order chi connectivity index (χ0) is 18.5. The second-order valence-corrected chi connectivity index (χ2v) is 5.58. The van der Waals surface area contributed by atoms with E-state index in [-0.39, 0.29) is 24.0 Å². The Balaban J connectivity index is 0.00000364. The van der Waals surface area contributed by atoms with Crippen LogP contribution in [0.2, 0.25) is 0 Å². The highest BCUT2D eigenvalue weighted by Crippen LogP contribution is 2.32. The third-order valence-electron chi connectivity index (χ3n) is 3.52. The number of fused-ring (bicyclic) bond motifs is 1. The first-order valence-electron chi connectivity index (χ1n) is 8.78. The summed E-state index contributed by atoms with van der Waals surface area (Å²) >= 11 is 0. The quantitative estimate of drug-likeness (QED) is 0.183. The van der Waals surface area contributed by atoms with Crippen molar-refractivity contribution in [1.82, 2.24) is 5.32 Å². The van der Waals surface area contributed by atoms with Crippen molar-refractivity contribution in [1.29, 1.82) is 0 Å². The zero-order valence-corrected chi connectivity index (χ0v) is 18.0. The molecule has 0 aromatic heterocycles. The minimum atomic E-state index is 0. The molecule has 0 saturated carbocycles.